The lowest BCUT2D eigenvalue weighted by molar-refractivity contribution is 0.817. The lowest BCUT2D eigenvalue weighted by atomic mass is 9.90. The summed E-state index contributed by atoms with van der Waals surface area (Å²) in [5.41, 5.74) is 6.70. The van der Waals surface area contributed by atoms with Crippen molar-refractivity contribution < 1.29 is 0 Å². The van der Waals surface area contributed by atoms with Crippen LogP contribution in [0.15, 0.2) is 54.6 Å². The van der Waals surface area contributed by atoms with Crippen LogP contribution in [0.25, 0.3) is 21.9 Å². The molecule has 0 aliphatic rings. The quantitative estimate of drug-likeness (QED) is 0.721. The zero-order valence-electron chi connectivity index (χ0n) is 12.9. The Bertz CT molecular complexity index is 787. The van der Waals surface area contributed by atoms with Gasteiger partial charge in [-0.05, 0) is 59.5 Å². The minimum Gasteiger partial charge on any atom is -0.316 e. The van der Waals surface area contributed by atoms with Gasteiger partial charge >= 0.3 is 0 Å². The van der Waals surface area contributed by atoms with E-state index < -0.39 is 0 Å². The molecule has 21 heavy (non-hydrogen) atoms. The Kier molecular flexibility index (Phi) is 3.76. The highest BCUT2D eigenvalue weighted by Crippen LogP contribution is 2.34. The van der Waals surface area contributed by atoms with Gasteiger partial charge in [0.15, 0.2) is 0 Å². The second kappa shape index (κ2) is 5.71. The van der Waals surface area contributed by atoms with Crippen molar-refractivity contribution in [2.45, 2.75) is 20.4 Å². The summed E-state index contributed by atoms with van der Waals surface area (Å²) in [6.45, 7) is 5.31. The molecule has 3 rings (SSSR count). The first-order valence-electron chi connectivity index (χ1n) is 7.43. The highest BCUT2D eigenvalue weighted by molar-refractivity contribution is 5.98. The lowest BCUT2D eigenvalue weighted by Crippen LogP contribution is -2.05. The normalized spacial score (nSPS) is 11.0. The number of hydrogen-bond acceptors (Lipinski definition) is 1. The Morgan fingerprint density at radius 1 is 0.857 bits per heavy atom. The molecule has 3 aromatic carbocycles. The summed E-state index contributed by atoms with van der Waals surface area (Å²) < 4.78 is 0. The van der Waals surface area contributed by atoms with Crippen molar-refractivity contribution in [1.29, 1.82) is 0 Å². The average Bonchev–Trinajstić information content (AvgIpc) is 2.49. The third-order valence-electron chi connectivity index (χ3n) is 4.08. The fourth-order valence-electron chi connectivity index (χ4n) is 3.06. The van der Waals surface area contributed by atoms with E-state index in [-0.39, 0.29) is 0 Å². The molecule has 0 aromatic heterocycles. The van der Waals surface area contributed by atoms with Crippen molar-refractivity contribution in [3.8, 4) is 11.1 Å². The van der Waals surface area contributed by atoms with Crippen molar-refractivity contribution in [2.24, 2.45) is 0 Å². The Morgan fingerprint density at radius 2 is 1.67 bits per heavy atom. The molecular weight excluding hydrogens is 254 g/mol. The van der Waals surface area contributed by atoms with Gasteiger partial charge in [-0.1, -0.05) is 54.6 Å². The van der Waals surface area contributed by atoms with Crippen LogP contribution in [0.1, 0.15) is 16.7 Å². The van der Waals surface area contributed by atoms with Crippen LogP contribution >= 0.6 is 0 Å². The summed E-state index contributed by atoms with van der Waals surface area (Å²) in [4.78, 5) is 0. The zero-order chi connectivity index (χ0) is 14.8. The standard InChI is InChI=1S/C20H21N/c1-14-8-10-17-6-4-5-7-19(17)20(14)18-11-9-16(13-21-3)12-15(18)2/h4-12,21H,13H2,1-3H3. The summed E-state index contributed by atoms with van der Waals surface area (Å²) in [6.07, 6.45) is 0. The number of rotatable bonds is 3. The first-order valence-corrected chi connectivity index (χ1v) is 7.43. The van der Waals surface area contributed by atoms with Gasteiger partial charge in [-0.15, -0.1) is 0 Å². The third-order valence-corrected chi connectivity index (χ3v) is 4.08. The highest BCUT2D eigenvalue weighted by Gasteiger charge is 2.10. The molecule has 0 atom stereocenters. The van der Waals surface area contributed by atoms with Crippen molar-refractivity contribution >= 4 is 10.8 Å². The number of aryl methyl sites for hydroxylation is 2. The summed E-state index contributed by atoms with van der Waals surface area (Å²) >= 11 is 0. The second-order valence-electron chi connectivity index (χ2n) is 5.66. The molecule has 1 N–H and O–H groups in total. The molecule has 0 amide bonds. The van der Waals surface area contributed by atoms with Gasteiger partial charge < -0.3 is 5.32 Å². The van der Waals surface area contributed by atoms with Crippen molar-refractivity contribution in [3.05, 3.63) is 71.3 Å². The van der Waals surface area contributed by atoms with Crippen LogP contribution < -0.4 is 5.32 Å². The largest absolute Gasteiger partial charge is 0.316 e. The van der Waals surface area contributed by atoms with E-state index >= 15 is 0 Å². The van der Waals surface area contributed by atoms with Gasteiger partial charge in [0.05, 0.1) is 0 Å². The molecule has 0 aliphatic heterocycles. The maximum absolute atomic E-state index is 3.21. The van der Waals surface area contributed by atoms with Crippen LogP contribution in [0.4, 0.5) is 0 Å². The average molecular weight is 275 g/mol. The van der Waals surface area contributed by atoms with Gasteiger partial charge in [-0.3, -0.25) is 0 Å². The molecule has 3 aromatic rings. The first kappa shape index (κ1) is 13.8. The van der Waals surface area contributed by atoms with Crippen LogP contribution in [0.3, 0.4) is 0 Å². The van der Waals surface area contributed by atoms with Crippen LogP contribution in [0.2, 0.25) is 0 Å². The monoisotopic (exact) mass is 275 g/mol. The molecule has 106 valence electrons. The molecule has 0 heterocycles. The highest BCUT2D eigenvalue weighted by atomic mass is 14.8. The molecule has 0 unspecified atom stereocenters. The smallest absolute Gasteiger partial charge is 0.0202 e. The molecule has 0 aliphatic carbocycles. The van der Waals surface area contributed by atoms with Gasteiger partial charge in [-0.25, -0.2) is 0 Å². The van der Waals surface area contributed by atoms with E-state index in [1.807, 2.05) is 7.05 Å². The zero-order valence-corrected chi connectivity index (χ0v) is 12.9. The third kappa shape index (κ3) is 2.57. The number of benzene rings is 3. The van der Waals surface area contributed by atoms with E-state index in [2.05, 4.69) is 73.8 Å². The number of hydrogen-bond donors (Lipinski definition) is 1. The SMILES string of the molecule is CNCc1ccc(-c2c(C)ccc3ccccc23)c(C)c1. The second-order valence-corrected chi connectivity index (χ2v) is 5.66. The maximum atomic E-state index is 3.21. The van der Waals surface area contributed by atoms with E-state index in [0.29, 0.717) is 0 Å². The molecule has 1 heteroatoms. The number of fused-ring (bicyclic) bond motifs is 1. The fourth-order valence-corrected chi connectivity index (χ4v) is 3.06. The summed E-state index contributed by atoms with van der Waals surface area (Å²) in [5.74, 6) is 0. The Hall–Kier alpha value is -2.12. The van der Waals surface area contributed by atoms with Crippen LogP contribution in [-0.2, 0) is 6.54 Å². The minimum atomic E-state index is 0.912. The maximum Gasteiger partial charge on any atom is 0.0202 e. The summed E-state index contributed by atoms with van der Waals surface area (Å²) in [5, 5.41) is 5.85. The minimum absolute atomic E-state index is 0.912. The van der Waals surface area contributed by atoms with Crippen LogP contribution in [-0.4, -0.2) is 7.05 Å². The Balaban J connectivity index is 2.23. The first-order chi connectivity index (χ1) is 10.2. The van der Waals surface area contributed by atoms with E-state index in [0.717, 1.165) is 6.54 Å². The molecule has 0 radical (unpaired) electrons. The Labute approximate surface area is 126 Å². The van der Waals surface area contributed by atoms with Crippen molar-refractivity contribution in [1.82, 2.24) is 5.32 Å². The van der Waals surface area contributed by atoms with E-state index in [9.17, 15) is 0 Å². The lowest BCUT2D eigenvalue weighted by Gasteiger charge is -2.14. The van der Waals surface area contributed by atoms with Crippen LogP contribution in [0.5, 0.6) is 0 Å². The van der Waals surface area contributed by atoms with Crippen molar-refractivity contribution in [3.63, 3.8) is 0 Å². The van der Waals surface area contributed by atoms with E-state index in [1.54, 1.807) is 0 Å². The predicted molar refractivity (Wildman–Crippen MR) is 91.6 cm³/mol. The van der Waals surface area contributed by atoms with Gasteiger partial charge in [0.25, 0.3) is 0 Å². The van der Waals surface area contributed by atoms with Crippen LogP contribution in [0, 0.1) is 13.8 Å². The van der Waals surface area contributed by atoms with Crippen molar-refractivity contribution in [2.75, 3.05) is 7.05 Å². The van der Waals surface area contributed by atoms with Gasteiger partial charge in [0.1, 0.15) is 0 Å². The Morgan fingerprint density at radius 3 is 2.43 bits per heavy atom. The van der Waals surface area contributed by atoms with Gasteiger partial charge in [-0.2, -0.15) is 0 Å². The molecule has 0 bridgehead atoms. The fraction of sp³-hybridized carbons (Fsp3) is 0.200. The van der Waals surface area contributed by atoms with E-state index in [1.165, 1.54) is 38.6 Å². The summed E-state index contributed by atoms with van der Waals surface area (Å²) in [7, 11) is 1.98. The van der Waals surface area contributed by atoms with Gasteiger partial charge in [0, 0.05) is 6.54 Å². The summed E-state index contributed by atoms with van der Waals surface area (Å²) in [6, 6.07) is 19.8. The molecule has 0 spiro atoms. The molecular formula is C20H21N. The molecule has 0 saturated carbocycles. The molecule has 1 nitrogen and oxygen atoms in total. The predicted octanol–water partition coefficient (Wildman–Crippen LogP) is 4.84. The van der Waals surface area contributed by atoms with E-state index in [4.69, 9.17) is 0 Å². The number of nitrogens with one attached hydrogen (secondary N) is 1. The van der Waals surface area contributed by atoms with Gasteiger partial charge in [0.2, 0.25) is 0 Å². The molecule has 0 saturated heterocycles. The topological polar surface area (TPSA) is 12.0 Å². The molecule has 0 fully saturated rings.